The minimum atomic E-state index is -0.912. The molecule has 40 heavy (non-hydrogen) atoms. The van der Waals surface area contributed by atoms with Crippen molar-refractivity contribution in [2.75, 3.05) is 13.7 Å². The van der Waals surface area contributed by atoms with E-state index in [4.69, 9.17) is 30.8 Å². The number of ether oxygens (including phenoxy) is 3. The number of carboxylic acid groups (broad SMARTS) is 1. The van der Waals surface area contributed by atoms with Crippen LogP contribution in [0, 0.1) is 0 Å². The Labute approximate surface area is 236 Å². The summed E-state index contributed by atoms with van der Waals surface area (Å²) in [5, 5.41) is 9.75. The highest BCUT2D eigenvalue weighted by Crippen LogP contribution is 2.41. The molecule has 2 aromatic carbocycles. The average molecular weight is 559 g/mol. The van der Waals surface area contributed by atoms with E-state index in [1.54, 1.807) is 55.8 Å². The molecule has 9 heteroatoms. The molecule has 0 spiro atoms. The summed E-state index contributed by atoms with van der Waals surface area (Å²) in [6.45, 7) is 0.309. The third kappa shape index (κ3) is 6.24. The fraction of sp³-hybridized carbons (Fsp3) is 0.226. The predicted octanol–water partition coefficient (Wildman–Crippen LogP) is 6.75. The summed E-state index contributed by atoms with van der Waals surface area (Å²) < 4.78 is 16.7. The average Bonchev–Trinajstić information content (AvgIpc) is 2.97. The maximum atomic E-state index is 12.8. The number of aromatic nitrogens is 2. The van der Waals surface area contributed by atoms with Crippen LogP contribution in [0.25, 0.3) is 11.3 Å². The van der Waals surface area contributed by atoms with Crippen molar-refractivity contribution >= 4 is 23.4 Å². The van der Waals surface area contributed by atoms with Crippen molar-refractivity contribution < 1.29 is 28.9 Å². The second kappa shape index (κ2) is 12.2. The quantitative estimate of drug-likeness (QED) is 0.213. The molecule has 0 fully saturated rings. The van der Waals surface area contributed by atoms with Crippen LogP contribution in [0.1, 0.15) is 46.8 Å². The van der Waals surface area contributed by atoms with Gasteiger partial charge in [-0.1, -0.05) is 17.7 Å². The second-order valence-corrected chi connectivity index (χ2v) is 9.76. The number of benzene rings is 2. The highest BCUT2D eigenvalue weighted by molar-refractivity contribution is 6.32. The first-order chi connectivity index (χ1) is 19.4. The Morgan fingerprint density at radius 1 is 1.10 bits per heavy atom. The normalized spacial score (nSPS) is 14.1. The SMILES string of the molecule is COc1ccc(-c2cccc(CCCC(=O)c3ccc(Oc4cc5c(cc4Cl)C(C(=O)O)CCO5)cc3)n2)cn1. The van der Waals surface area contributed by atoms with E-state index in [0.717, 1.165) is 17.0 Å². The summed E-state index contributed by atoms with van der Waals surface area (Å²) in [6.07, 6.45) is 3.83. The van der Waals surface area contributed by atoms with E-state index in [-0.39, 0.29) is 10.8 Å². The number of hydrogen-bond donors (Lipinski definition) is 1. The molecule has 1 aliphatic heterocycles. The maximum Gasteiger partial charge on any atom is 0.311 e. The summed E-state index contributed by atoms with van der Waals surface area (Å²) in [5.41, 5.74) is 3.75. The van der Waals surface area contributed by atoms with Crippen molar-refractivity contribution in [3.8, 4) is 34.4 Å². The minimum absolute atomic E-state index is 0.0296. The Morgan fingerprint density at radius 3 is 2.65 bits per heavy atom. The Bertz CT molecular complexity index is 1520. The fourth-order valence-corrected chi connectivity index (χ4v) is 4.78. The highest BCUT2D eigenvalue weighted by atomic mass is 35.5. The smallest absolute Gasteiger partial charge is 0.311 e. The summed E-state index contributed by atoms with van der Waals surface area (Å²) in [7, 11) is 1.58. The number of aryl methyl sites for hydroxylation is 1. The van der Waals surface area contributed by atoms with E-state index in [2.05, 4.69) is 4.98 Å². The number of rotatable bonds is 10. The zero-order valence-corrected chi connectivity index (χ0v) is 22.6. The molecule has 3 heterocycles. The molecular formula is C31H27ClN2O6. The van der Waals surface area contributed by atoms with Gasteiger partial charge in [0, 0.05) is 47.1 Å². The lowest BCUT2D eigenvalue weighted by Gasteiger charge is -2.24. The van der Waals surface area contributed by atoms with Crippen molar-refractivity contribution in [3.05, 3.63) is 94.8 Å². The van der Waals surface area contributed by atoms with Gasteiger partial charge in [0.25, 0.3) is 0 Å². The van der Waals surface area contributed by atoms with Gasteiger partial charge in [0.2, 0.25) is 5.88 Å². The molecule has 0 radical (unpaired) electrons. The van der Waals surface area contributed by atoms with E-state index >= 15 is 0 Å². The summed E-state index contributed by atoms with van der Waals surface area (Å²) in [4.78, 5) is 33.3. The minimum Gasteiger partial charge on any atom is -0.493 e. The first-order valence-corrected chi connectivity index (χ1v) is 13.3. The number of carboxylic acids is 1. The van der Waals surface area contributed by atoms with Gasteiger partial charge in [0.1, 0.15) is 17.2 Å². The van der Waals surface area contributed by atoms with Crippen LogP contribution in [0.4, 0.5) is 0 Å². The van der Waals surface area contributed by atoms with Gasteiger partial charge in [0.05, 0.1) is 30.4 Å². The third-order valence-electron chi connectivity index (χ3n) is 6.69. The third-order valence-corrected chi connectivity index (χ3v) is 6.99. The van der Waals surface area contributed by atoms with E-state index in [1.165, 1.54) is 0 Å². The number of ketones is 1. The Kier molecular flexibility index (Phi) is 8.26. The van der Waals surface area contributed by atoms with Gasteiger partial charge in [-0.3, -0.25) is 14.6 Å². The number of fused-ring (bicyclic) bond motifs is 1. The van der Waals surface area contributed by atoms with Crippen molar-refractivity contribution in [3.63, 3.8) is 0 Å². The lowest BCUT2D eigenvalue weighted by atomic mass is 9.93. The summed E-state index contributed by atoms with van der Waals surface area (Å²) in [6, 6.07) is 19.6. The number of pyridine rings is 2. The van der Waals surface area contributed by atoms with E-state index in [0.29, 0.717) is 66.5 Å². The van der Waals surface area contributed by atoms with E-state index < -0.39 is 11.9 Å². The standard InChI is InChI=1S/C31H27ClN2O6/c1-38-30-13-10-20(18-33-30)26-6-2-4-21(34-26)5-3-7-27(35)19-8-11-22(12-9-19)40-29-17-28-24(16-25(29)32)23(31(36)37)14-15-39-28/h2,4,6,8-13,16-18,23H,3,5,7,14-15H2,1H3,(H,36,37). The zero-order chi connectivity index (χ0) is 28.1. The summed E-state index contributed by atoms with van der Waals surface area (Å²) in [5.74, 6) is 0.304. The number of carbonyl (C=O) groups excluding carboxylic acids is 1. The Morgan fingerprint density at radius 2 is 1.93 bits per heavy atom. The molecule has 8 nitrogen and oxygen atoms in total. The van der Waals surface area contributed by atoms with Crippen LogP contribution < -0.4 is 14.2 Å². The van der Waals surface area contributed by atoms with Gasteiger partial charge in [-0.2, -0.15) is 0 Å². The highest BCUT2D eigenvalue weighted by Gasteiger charge is 2.29. The summed E-state index contributed by atoms with van der Waals surface area (Å²) >= 11 is 6.39. The molecular weight excluding hydrogens is 532 g/mol. The lowest BCUT2D eigenvalue weighted by molar-refractivity contribution is -0.139. The van der Waals surface area contributed by atoms with Crippen LogP contribution in [0.5, 0.6) is 23.1 Å². The van der Waals surface area contributed by atoms with Crippen LogP contribution in [0.15, 0.2) is 72.9 Å². The molecule has 1 unspecified atom stereocenters. The van der Waals surface area contributed by atoms with Gasteiger partial charge in [-0.05, 0) is 67.8 Å². The van der Waals surface area contributed by atoms with Crippen LogP contribution in [-0.2, 0) is 11.2 Å². The molecule has 1 atom stereocenters. The number of methoxy groups -OCH3 is 1. The number of halogens is 1. The number of nitrogens with zero attached hydrogens (tertiary/aromatic N) is 2. The van der Waals surface area contributed by atoms with E-state index in [9.17, 15) is 14.7 Å². The predicted molar refractivity (Wildman–Crippen MR) is 150 cm³/mol. The van der Waals surface area contributed by atoms with Gasteiger partial charge < -0.3 is 19.3 Å². The monoisotopic (exact) mass is 558 g/mol. The molecule has 0 aliphatic carbocycles. The first kappa shape index (κ1) is 27.1. The van der Waals surface area contributed by atoms with Gasteiger partial charge >= 0.3 is 5.97 Å². The number of hydrogen-bond acceptors (Lipinski definition) is 7. The van der Waals surface area contributed by atoms with Gasteiger partial charge in [-0.25, -0.2) is 4.98 Å². The van der Waals surface area contributed by atoms with Gasteiger partial charge in [0.15, 0.2) is 5.78 Å². The number of Topliss-reactive ketones (excluding diaryl/α,β-unsaturated/α-hetero) is 1. The van der Waals surface area contributed by atoms with Crippen LogP contribution in [0.2, 0.25) is 5.02 Å². The molecule has 1 N–H and O–H groups in total. The number of carbonyl (C=O) groups is 2. The zero-order valence-electron chi connectivity index (χ0n) is 21.8. The molecule has 2 aromatic heterocycles. The molecule has 1 aliphatic rings. The van der Waals surface area contributed by atoms with Crippen LogP contribution in [0.3, 0.4) is 0 Å². The number of aliphatic carboxylic acids is 1. The molecule has 204 valence electrons. The Hall–Kier alpha value is -4.43. The van der Waals surface area contributed by atoms with E-state index in [1.807, 2.05) is 24.3 Å². The molecule has 0 saturated heterocycles. The molecule has 0 amide bonds. The second-order valence-electron chi connectivity index (χ2n) is 9.35. The first-order valence-electron chi connectivity index (χ1n) is 12.9. The largest absolute Gasteiger partial charge is 0.493 e. The van der Waals surface area contributed by atoms with Crippen molar-refractivity contribution in [1.29, 1.82) is 0 Å². The maximum absolute atomic E-state index is 12.8. The van der Waals surface area contributed by atoms with Crippen LogP contribution in [-0.4, -0.2) is 40.5 Å². The van der Waals surface area contributed by atoms with Crippen molar-refractivity contribution in [2.24, 2.45) is 0 Å². The molecule has 0 saturated carbocycles. The topological polar surface area (TPSA) is 108 Å². The lowest BCUT2D eigenvalue weighted by Crippen LogP contribution is -2.20. The molecule has 0 bridgehead atoms. The van der Waals surface area contributed by atoms with Crippen LogP contribution >= 0.6 is 11.6 Å². The fourth-order valence-electron chi connectivity index (χ4n) is 4.57. The van der Waals surface area contributed by atoms with Gasteiger partial charge in [-0.15, -0.1) is 0 Å². The Balaban J connectivity index is 1.17. The molecule has 4 aromatic rings. The van der Waals surface area contributed by atoms with Crippen molar-refractivity contribution in [2.45, 2.75) is 31.6 Å². The van der Waals surface area contributed by atoms with Crippen molar-refractivity contribution in [1.82, 2.24) is 9.97 Å². The molecule has 5 rings (SSSR count).